The summed E-state index contributed by atoms with van der Waals surface area (Å²) in [4.78, 5) is 15.1. The lowest BCUT2D eigenvalue weighted by atomic mass is 10.0. The number of para-hydroxylation sites is 3. The first-order valence-corrected chi connectivity index (χ1v) is 19.0. The van der Waals surface area contributed by atoms with Crippen molar-refractivity contribution in [1.82, 2.24) is 19.5 Å². The summed E-state index contributed by atoms with van der Waals surface area (Å²) in [7, 11) is 0. The summed E-state index contributed by atoms with van der Waals surface area (Å²) in [6.07, 6.45) is 0. The van der Waals surface area contributed by atoms with Crippen molar-refractivity contribution in [3.8, 4) is 51.0 Å². The smallest absolute Gasteiger partial charge is 0.164 e. The molecule has 0 fully saturated rings. The number of benzene rings is 8. The van der Waals surface area contributed by atoms with Crippen molar-refractivity contribution < 1.29 is 8.83 Å². The second-order valence-electron chi connectivity index (χ2n) is 14.4. The molecular weight excluding hydrogens is 701 g/mol. The maximum atomic E-state index is 6.91. The summed E-state index contributed by atoms with van der Waals surface area (Å²) in [6, 6.07) is 62.5. The van der Waals surface area contributed by atoms with Gasteiger partial charge in [0, 0.05) is 49.0 Å². The summed E-state index contributed by atoms with van der Waals surface area (Å²) < 4.78 is 15.8. The molecule has 0 unspecified atom stereocenters. The number of nitrogens with zero attached hydrogens (tertiary/aromatic N) is 4. The first-order valence-electron chi connectivity index (χ1n) is 19.0. The first-order chi connectivity index (χ1) is 28.2. The number of rotatable bonds is 5. The largest absolute Gasteiger partial charge is 0.454 e. The van der Waals surface area contributed by atoms with Crippen molar-refractivity contribution in [1.29, 1.82) is 0 Å². The second kappa shape index (κ2) is 12.3. The molecule has 12 aromatic rings. The molecule has 0 aliphatic heterocycles. The van der Waals surface area contributed by atoms with Crippen molar-refractivity contribution in [2.45, 2.75) is 0 Å². The summed E-state index contributed by atoms with van der Waals surface area (Å²) in [5, 5.41) is 6.50. The van der Waals surface area contributed by atoms with E-state index in [4.69, 9.17) is 23.8 Å². The van der Waals surface area contributed by atoms with Crippen LogP contribution in [0.4, 0.5) is 0 Å². The zero-order valence-corrected chi connectivity index (χ0v) is 30.4. The number of hydrogen-bond acceptors (Lipinski definition) is 5. The predicted molar refractivity (Wildman–Crippen MR) is 230 cm³/mol. The predicted octanol–water partition coefficient (Wildman–Crippen LogP) is 13.4. The molecule has 0 aliphatic carbocycles. The monoisotopic (exact) mass is 730 g/mol. The Morgan fingerprint density at radius 1 is 0.333 bits per heavy atom. The molecule has 0 radical (unpaired) electrons. The van der Waals surface area contributed by atoms with Crippen LogP contribution in [0.2, 0.25) is 0 Å². The third-order valence-corrected chi connectivity index (χ3v) is 11.1. The third-order valence-electron chi connectivity index (χ3n) is 11.1. The van der Waals surface area contributed by atoms with Crippen LogP contribution >= 0.6 is 0 Å². The average Bonchev–Trinajstić information content (AvgIpc) is 3.96. The Morgan fingerprint density at radius 3 is 1.70 bits per heavy atom. The molecule has 0 aliphatic rings. The Morgan fingerprint density at radius 2 is 0.877 bits per heavy atom. The van der Waals surface area contributed by atoms with Crippen LogP contribution in [0.3, 0.4) is 0 Å². The maximum Gasteiger partial charge on any atom is 0.164 e. The Kier molecular flexibility index (Phi) is 6.83. The summed E-state index contributed by atoms with van der Waals surface area (Å²) >= 11 is 0. The Bertz CT molecular complexity index is 3530. The van der Waals surface area contributed by atoms with Crippen LogP contribution in [-0.2, 0) is 0 Å². The molecule has 0 saturated carbocycles. The molecule has 6 heteroatoms. The Balaban J connectivity index is 1.05. The molecule has 4 heterocycles. The normalized spacial score (nSPS) is 11.9. The van der Waals surface area contributed by atoms with Gasteiger partial charge in [0.25, 0.3) is 0 Å². The fourth-order valence-electron chi connectivity index (χ4n) is 8.40. The van der Waals surface area contributed by atoms with Crippen molar-refractivity contribution >= 4 is 65.7 Å². The van der Waals surface area contributed by atoms with Gasteiger partial charge in [-0.2, -0.15) is 0 Å². The molecule has 57 heavy (non-hydrogen) atoms. The fraction of sp³-hybridized carbons (Fsp3) is 0. The average molecular weight is 731 g/mol. The highest BCUT2D eigenvalue weighted by Crippen LogP contribution is 2.43. The zero-order chi connectivity index (χ0) is 37.5. The van der Waals surface area contributed by atoms with E-state index in [1.807, 2.05) is 48.5 Å². The Labute approximate surface area is 325 Å². The molecule has 0 spiro atoms. The van der Waals surface area contributed by atoms with Gasteiger partial charge in [0.1, 0.15) is 11.2 Å². The number of hydrogen-bond donors (Lipinski definition) is 0. The molecule has 8 aromatic carbocycles. The quantitative estimate of drug-likeness (QED) is 0.176. The molecule has 0 bridgehead atoms. The van der Waals surface area contributed by atoms with Crippen LogP contribution in [-0.4, -0.2) is 19.5 Å². The van der Waals surface area contributed by atoms with Gasteiger partial charge in [0.2, 0.25) is 0 Å². The lowest BCUT2D eigenvalue weighted by Crippen LogP contribution is -2.00. The first kappa shape index (κ1) is 31.5. The van der Waals surface area contributed by atoms with Gasteiger partial charge in [-0.25, -0.2) is 15.0 Å². The molecule has 0 amide bonds. The highest BCUT2D eigenvalue weighted by atomic mass is 16.3. The minimum Gasteiger partial charge on any atom is -0.454 e. The summed E-state index contributed by atoms with van der Waals surface area (Å²) in [5.41, 5.74) is 11.2. The highest BCUT2D eigenvalue weighted by Gasteiger charge is 2.22. The van der Waals surface area contributed by atoms with Crippen molar-refractivity contribution in [3.63, 3.8) is 0 Å². The fourth-order valence-corrected chi connectivity index (χ4v) is 8.40. The van der Waals surface area contributed by atoms with Crippen molar-refractivity contribution in [2.75, 3.05) is 0 Å². The van der Waals surface area contributed by atoms with Crippen LogP contribution in [0.1, 0.15) is 0 Å². The topological polar surface area (TPSA) is 69.9 Å². The van der Waals surface area contributed by atoms with Gasteiger partial charge in [0.15, 0.2) is 28.6 Å². The van der Waals surface area contributed by atoms with E-state index in [0.29, 0.717) is 17.5 Å². The highest BCUT2D eigenvalue weighted by molar-refractivity contribution is 6.22. The van der Waals surface area contributed by atoms with E-state index in [1.165, 1.54) is 0 Å². The van der Waals surface area contributed by atoms with Crippen LogP contribution in [0, 0.1) is 0 Å². The van der Waals surface area contributed by atoms with E-state index in [-0.39, 0.29) is 0 Å². The molecule has 266 valence electrons. The van der Waals surface area contributed by atoms with Gasteiger partial charge in [0.05, 0.1) is 16.7 Å². The minimum atomic E-state index is 0.571. The van der Waals surface area contributed by atoms with Crippen molar-refractivity contribution in [3.05, 3.63) is 182 Å². The van der Waals surface area contributed by atoms with Gasteiger partial charge in [-0.1, -0.05) is 140 Å². The molecule has 0 atom stereocenters. The minimum absolute atomic E-state index is 0.571. The number of aromatic nitrogens is 4. The van der Waals surface area contributed by atoms with E-state index in [9.17, 15) is 0 Å². The summed E-state index contributed by atoms with van der Waals surface area (Å²) in [5.74, 6) is 1.78. The molecule has 12 rings (SSSR count). The van der Waals surface area contributed by atoms with E-state index in [1.54, 1.807) is 0 Å². The van der Waals surface area contributed by atoms with Gasteiger partial charge in [-0.3, -0.25) is 0 Å². The molecular formula is C51H30N4O2. The van der Waals surface area contributed by atoms with Gasteiger partial charge >= 0.3 is 0 Å². The summed E-state index contributed by atoms with van der Waals surface area (Å²) in [6.45, 7) is 0. The Hall–Kier alpha value is -7.83. The third kappa shape index (κ3) is 4.94. The van der Waals surface area contributed by atoms with Crippen LogP contribution in [0.5, 0.6) is 0 Å². The SMILES string of the molecule is c1ccc(-c2cccc(-c3nc(-c4ccccc4)nc(-c4ccc5c(c4)oc4c(-n6c7ccccc7c7ccc8c9ccccc9oc8c76)cccc45)n3)c2)cc1. The number of fused-ring (bicyclic) bond motifs is 10. The molecule has 4 aromatic heterocycles. The number of furan rings is 2. The van der Waals surface area contributed by atoms with Gasteiger partial charge < -0.3 is 13.4 Å². The van der Waals surface area contributed by atoms with E-state index in [0.717, 1.165) is 99.2 Å². The standard InChI is InChI=1S/C51H30N4O2/c1-3-13-31(14-4-1)33-17-11-18-34(29-33)50-52-49(32-15-5-2-6-16-32)53-51(54-50)35-25-26-38-40-21-12-23-43(47(40)57-45(38)30-35)55-42-22-9-7-19-36(42)39-27-28-41-37-20-8-10-24-44(37)56-48(41)46(39)55/h1-30H. The molecule has 0 saturated heterocycles. The van der Waals surface area contributed by atoms with E-state index >= 15 is 0 Å². The maximum absolute atomic E-state index is 6.91. The second-order valence-corrected chi connectivity index (χ2v) is 14.4. The van der Waals surface area contributed by atoms with E-state index in [2.05, 4.69) is 138 Å². The van der Waals surface area contributed by atoms with Crippen LogP contribution in [0.15, 0.2) is 191 Å². The van der Waals surface area contributed by atoms with Gasteiger partial charge in [-0.15, -0.1) is 0 Å². The molecule has 6 nitrogen and oxygen atoms in total. The van der Waals surface area contributed by atoms with Crippen LogP contribution < -0.4 is 0 Å². The lowest BCUT2D eigenvalue weighted by molar-refractivity contribution is 0.665. The van der Waals surface area contributed by atoms with Crippen molar-refractivity contribution in [2.24, 2.45) is 0 Å². The molecule has 0 N–H and O–H groups in total. The zero-order valence-electron chi connectivity index (χ0n) is 30.4. The van der Waals surface area contributed by atoms with E-state index < -0.39 is 0 Å². The lowest BCUT2D eigenvalue weighted by Gasteiger charge is -2.09. The van der Waals surface area contributed by atoms with Gasteiger partial charge in [-0.05, 0) is 53.6 Å². The van der Waals surface area contributed by atoms with Crippen LogP contribution in [0.25, 0.3) is 117 Å².